The number of nitrogens with one attached hydrogen (secondary N) is 1. The first-order valence-corrected chi connectivity index (χ1v) is 11.5. The molecule has 2 unspecified atom stereocenters. The Morgan fingerprint density at radius 1 is 1.44 bits per heavy atom. The van der Waals surface area contributed by atoms with Crippen molar-refractivity contribution in [2.45, 2.75) is 38.2 Å². The Balaban J connectivity index is 1.35. The maximum Gasteiger partial charge on any atom is 0.409 e. The lowest BCUT2D eigenvalue weighted by Gasteiger charge is -2.30. The lowest BCUT2D eigenvalue weighted by Crippen LogP contribution is -2.42. The second kappa shape index (κ2) is 10.0. The number of thiophene rings is 1. The number of hydrogen-bond acceptors (Lipinski definition) is 7. The van der Waals surface area contributed by atoms with Gasteiger partial charge in [0.05, 0.1) is 24.5 Å². The second-order valence-corrected chi connectivity index (χ2v) is 9.19. The van der Waals surface area contributed by atoms with Crippen molar-refractivity contribution in [3.8, 4) is 6.07 Å². The van der Waals surface area contributed by atoms with Gasteiger partial charge in [-0.25, -0.2) is 4.79 Å². The number of anilines is 1. The van der Waals surface area contributed by atoms with Crippen molar-refractivity contribution in [2.24, 2.45) is 5.92 Å². The molecule has 1 saturated heterocycles. The molecule has 1 fully saturated rings. The van der Waals surface area contributed by atoms with E-state index in [1.165, 1.54) is 23.7 Å². The molecule has 0 spiro atoms. The van der Waals surface area contributed by atoms with Crippen LogP contribution in [0.3, 0.4) is 0 Å². The molecule has 0 radical (unpaired) electrons. The Hall–Kier alpha value is -3.09. The first-order valence-electron chi connectivity index (χ1n) is 10.7. The third-order valence-corrected chi connectivity index (χ3v) is 6.93. The van der Waals surface area contributed by atoms with Crippen LogP contribution >= 0.6 is 11.3 Å². The zero-order valence-corrected chi connectivity index (χ0v) is 18.4. The van der Waals surface area contributed by atoms with E-state index >= 15 is 0 Å². The molecule has 168 valence electrons. The maximum absolute atomic E-state index is 12.3. The van der Waals surface area contributed by atoms with E-state index in [1.807, 2.05) is 0 Å². The lowest BCUT2D eigenvalue weighted by atomic mass is 9.88. The van der Waals surface area contributed by atoms with E-state index < -0.39 is 6.10 Å². The van der Waals surface area contributed by atoms with E-state index in [9.17, 15) is 20.0 Å². The normalized spacial score (nSPS) is 20.6. The molecule has 0 bridgehead atoms. The highest BCUT2D eigenvalue weighted by Crippen LogP contribution is 2.39. The van der Waals surface area contributed by atoms with Gasteiger partial charge in [0.1, 0.15) is 16.8 Å². The minimum atomic E-state index is -0.480. The van der Waals surface area contributed by atoms with E-state index in [4.69, 9.17) is 9.15 Å². The molecule has 3 heterocycles. The van der Waals surface area contributed by atoms with E-state index in [1.54, 1.807) is 23.1 Å². The van der Waals surface area contributed by atoms with E-state index in [2.05, 4.69) is 11.4 Å². The monoisotopic (exact) mass is 455 g/mol. The highest BCUT2D eigenvalue weighted by atomic mass is 32.1. The van der Waals surface area contributed by atoms with Crippen LogP contribution in [0.1, 0.15) is 41.0 Å². The lowest BCUT2D eigenvalue weighted by molar-refractivity contribution is -0.111. The number of β-amino-alcohol motifs (C(OH)–C–C–N with tert-alkyl or cyclic N) is 1. The summed E-state index contributed by atoms with van der Waals surface area (Å²) in [6.45, 7) is 1.23. The van der Waals surface area contributed by atoms with E-state index in [0.29, 0.717) is 55.3 Å². The summed E-state index contributed by atoms with van der Waals surface area (Å²) in [6, 6.07) is 5.71. The number of likely N-dealkylation sites (tertiary alicyclic amines) is 1. The van der Waals surface area contributed by atoms with Gasteiger partial charge in [-0.2, -0.15) is 5.26 Å². The van der Waals surface area contributed by atoms with Crippen molar-refractivity contribution in [3.63, 3.8) is 0 Å². The number of hydrogen-bond donors (Lipinski definition) is 2. The average Bonchev–Trinajstić information content (AvgIpc) is 3.43. The van der Waals surface area contributed by atoms with Crippen LogP contribution in [-0.4, -0.2) is 47.8 Å². The smallest absolute Gasteiger partial charge is 0.409 e. The van der Waals surface area contributed by atoms with Crippen molar-refractivity contribution < 1.29 is 23.8 Å². The summed E-state index contributed by atoms with van der Waals surface area (Å²) in [7, 11) is 0. The fourth-order valence-electron chi connectivity index (χ4n) is 4.10. The third kappa shape index (κ3) is 5.21. The molecule has 0 aromatic carbocycles. The third-order valence-electron chi connectivity index (χ3n) is 5.76. The molecule has 2 amide bonds. The Labute approximate surface area is 190 Å². The van der Waals surface area contributed by atoms with E-state index in [-0.39, 0.29) is 17.9 Å². The molecular formula is C23H25N3O5S. The van der Waals surface area contributed by atoms with Crippen molar-refractivity contribution >= 4 is 34.4 Å². The number of fused-ring (bicyclic) bond motifs is 1. The van der Waals surface area contributed by atoms with Crippen LogP contribution in [0.2, 0.25) is 0 Å². The fraction of sp³-hybridized carbons (Fsp3) is 0.435. The van der Waals surface area contributed by atoms with Crippen molar-refractivity contribution in [3.05, 3.63) is 46.2 Å². The number of nitriles is 1. The summed E-state index contributed by atoms with van der Waals surface area (Å²) in [5.74, 6) is 0.405. The molecule has 4 rings (SSSR count). The van der Waals surface area contributed by atoms with Crippen LogP contribution in [0.4, 0.5) is 9.80 Å². The summed E-state index contributed by atoms with van der Waals surface area (Å²) in [4.78, 5) is 27.2. The van der Waals surface area contributed by atoms with Crippen LogP contribution in [0, 0.1) is 17.2 Å². The van der Waals surface area contributed by atoms with Crippen LogP contribution in [-0.2, 0) is 22.4 Å². The fourth-order valence-corrected chi connectivity index (χ4v) is 5.42. The average molecular weight is 456 g/mol. The highest BCUT2D eigenvalue weighted by Gasteiger charge is 2.28. The van der Waals surface area contributed by atoms with Crippen molar-refractivity contribution in [2.75, 3.05) is 25.0 Å². The molecular weight excluding hydrogens is 430 g/mol. The molecule has 32 heavy (non-hydrogen) atoms. The second-order valence-electron chi connectivity index (χ2n) is 8.09. The van der Waals surface area contributed by atoms with Gasteiger partial charge >= 0.3 is 6.09 Å². The van der Waals surface area contributed by atoms with Crippen LogP contribution in [0.15, 0.2) is 28.9 Å². The van der Waals surface area contributed by atoms with Gasteiger partial charge in [0.15, 0.2) is 0 Å². The van der Waals surface area contributed by atoms with Crippen molar-refractivity contribution in [1.29, 1.82) is 5.26 Å². The summed E-state index contributed by atoms with van der Waals surface area (Å²) < 4.78 is 10.7. The molecule has 1 aliphatic carbocycles. The number of carbonyl (C=O) groups excluding carboxylic acids is 2. The summed E-state index contributed by atoms with van der Waals surface area (Å²) in [5.41, 5.74) is 1.49. The molecule has 2 aliphatic rings. The largest absolute Gasteiger partial charge is 0.465 e. The zero-order valence-electron chi connectivity index (χ0n) is 17.6. The molecule has 2 aromatic heterocycles. The van der Waals surface area contributed by atoms with Crippen LogP contribution in [0.25, 0.3) is 6.08 Å². The van der Waals surface area contributed by atoms with Gasteiger partial charge < -0.3 is 24.5 Å². The summed E-state index contributed by atoms with van der Waals surface area (Å²) in [5, 5.41) is 22.7. The maximum atomic E-state index is 12.3. The number of aliphatic hydroxyl groups is 1. The molecule has 8 nitrogen and oxygen atoms in total. The summed E-state index contributed by atoms with van der Waals surface area (Å²) >= 11 is 1.41. The molecule has 9 heteroatoms. The SMILES string of the molecule is N#Cc1c(NC(=O)/C=C/c2ccco2)sc2c1CCC(COC(=O)N1CCCC(O)C1)C2. The first kappa shape index (κ1) is 22.1. The number of carbonyl (C=O) groups is 2. The van der Waals surface area contributed by atoms with Gasteiger partial charge in [-0.15, -0.1) is 11.3 Å². The number of furan rings is 1. The Morgan fingerprint density at radius 3 is 3.06 bits per heavy atom. The van der Waals surface area contributed by atoms with Crippen LogP contribution < -0.4 is 5.32 Å². The first-order chi connectivity index (χ1) is 15.5. The van der Waals surface area contributed by atoms with Gasteiger partial charge in [0.25, 0.3) is 0 Å². The molecule has 2 aromatic rings. The Morgan fingerprint density at radius 2 is 2.31 bits per heavy atom. The van der Waals surface area contributed by atoms with Crippen molar-refractivity contribution in [1.82, 2.24) is 4.90 Å². The minimum Gasteiger partial charge on any atom is -0.465 e. The van der Waals surface area contributed by atoms with Gasteiger partial charge in [-0.3, -0.25) is 4.79 Å². The molecule has 0 saturated carbocycles. The molecule has 2 atom stereocenters. The van der Waals surface area contributed by atoms with Gasteiger partial charge in [0, 0.05) is 24.0 Å². The minimum absolute atomic E-state index is 0.161. The quantitative estimate of drug-likeness (QED) is 0.666. The number of amides is 2. The number of rotatable bonds is 5. The topological polar surface area (TPSA) is 116 Å². The van der Waals surface area contributed by atoms with Gasteiger partial charge in [-0.1, -0.05) is 0 Å². The van der Waals surface area contributed by atoms with Gasteiger partial charge in [-0.05, 0) is 61.8 Å². The predicted octanol–water partition coefficient (Wildman–Crippen LogP) is 3.56. The number of ether oxygens (including phenoxy) is 1. The highest BCUT2D eigenvalue weighted by molar-refractivity contribution is 7.16. The van der Waals surface area contributed by atoms with Gasteiger partial charge in [0.2, 0.25) is 5.91 Å². The number of nitrogens with zero attached hydrogens (tertiary/aromatic N) is 2. The molecule has 1 aliphatic heterocycles. The Bertz CT molecular complexity index is 1040. The number of piperidine rings is 1. The standard InChI is InChI=1S/C23H25N3O5S/c24-12-19-18-7-5-15(14-31-23(29)26-9-1-3-16(27)13-26)11-20(18)32-22(19)25-21(28)8-6-17-4-2-10-30-17/h2,4,6,8,10,15-16,27H,1,3,5,7,9,11,13-14H2,(H,25,28)/b8-6+. The molecule has 2 N–H and O–H groups in total. The number of aliphatic hydroxyl groups excluding tert-OH is 1. The predicted molar refractivity (Wildman–Crippen MR) is 119 cm³/mol. The van der Waals surface area contributed by atoms with E-state index in [0.717, 1.165) is 23.3 Å². The Kier molecular flexibility index (Phi) is 6.93. The van der Waals surface area contributed by atoms with Crippen LogP contribution in [0.5, 0.6) is 0 Å². The zero-order chi connectivity index (χ0) is 22.5. The summed E-state index contributed by atoms with van der Waals surface area (Å²) in [6.07, 6.45) is 7.32.